The van der Waals surface area contributed by atoms with E-state index in [-0.39, 0.29) is 16.6 Å². The number of anilines is 1. The van der Waals surface area contributed by atoms with E-state index in [1.54, 1.807) is 19.1 Å². The molecule has 0 aliphatic carbocycles. The Kier molecular flexibility index (Phi) is 4.73. The van der Waals surface area contributed by atoms with Crippen LogP contribution in [-0.2, 0) is 14.9 Å². The summed E-state index contributed by atoms with van der Waals surface area (Å²) >= 11 is 5.89. The summed E-state index contributed by atoms with van der Waals surface area (Å²) in [6, 6.07) is 10.3. The normalized spacial score (nSPS) is 11.0. The van der Waals surface area contributed by atoms with E-state index in [1.165, 1.54) is 37.3 Å². The Hall–Kier alpha value is -2.05. The van der Waals surface area contributed by atoms with Gasteiger partial charge in [-0.05, 0) is 55.0 Å². The van der Waals surface area contributed by atoms with Gasteiger partial charge in [0.1, 0.15) is 10.6 Å². The average Bonchev–Trinajstić information content (AvgIpc) is 2.42. The number of carbonyl (C=O) groups is 1. The molecule has 0 fully saturated rings. The topological polar surface area (TPSA) is 72.5 Å². The van der Waals surface area contributed by atoms with Gasteiger partial charge in [0.05, 0.1) is 0 Å². The van der Waals surface area contributed by atoms with Crippen molar-refractivity contribution in [3.63, 3.8) is 0 Å². The van der Waals surface area contributed by atoms with Crippen LogP contribution in [0.5, 0.6) is 5.75 Å². The number of hydrogen-bond acceptors (Lipinski definition) is 4. The number of hydrogen-bond donors (Lipinski definition) is 1. The first-order chi connectivity index (χ1) is 10.3. The molecule has 1 N–H and O–H groups in total. The van der Waals surface area contributed by atoms with Crippen LogP contribution in [0.4, 0.5) is 5.69 Å². The Morgan fingerprint density at radius 3 is 2.32 bits per heavy atom. The molecule has 0 radical (unpaired) electrons. The molecule has 0 saturated carbocycles. The van der Waals surface area contributed by atoms with Gasteiger partial charge in [-0.2, -0.15) is 8.42 Å². The fraction of sp³-hybridized carbons (Fsp3) is 0.133. The summed E-state index contributed by atoms with van der Waals surface area (Å²) in [6.07, 6.45) is 0. The maximum absolute atomic E-state index is 12.2. The molecule has 0 unspecified atom stereocenters. The van der Waals surface area contributed by atoms with Gasteiger partial charge in [-0.15, -0.1) is 0 Å². The molecule has 1 amide bonds. The second-order valence-corrected chi connectivity index (χ2v) is 6.61. The van der Waals surface area contributed by atoms with E-state index in [0.29, 0.717) is 10.7 Å². The highest BCUT2D eigenvalue weighted by molar-refractivity contribution is 7.87. The Bertz CT molecular complexity index is 801. The molecule has 116 valence electrons. The van der Waals surface area contributed by atoms with Crippen LogP contribution in [0.1, 0.15) is 12.5 Å². The van der Waals surface area contributed by atoms with Crippen LogP contribution < -0.4 is 9.50 Å². The van der Waals surface area contributed by atoms with Crippen LogP contribution in [0.3, 0.4) is 0 Å². The minimum Gasteiger partial charge on any atom is -0.379 e. The summed E-state index contributed by atoms with van der Waals surface area (Å²) in [6.45, 7) is 3.13. The van der Waals surface area contributed by atoms with Crippen molar-refractivity contribution in [2.45, 2.75) is 18.7 Å². The molecule has 0 spiro atoms. The molecule has 0 aliphatic rings. The lowest BCUT2D eigenvalue weighted by Crippen LogP contribution is -2.10. The molecule has 2 aromatic rings. The predicted molar refractivity (Wildman–Crippen MR) is 84.7 cm³/mol. The van der Waals surface area contributed by atoms with Gasteiger partial charge in [-0.25, -0.2) is 0 Å². The molecule has 0 aromatic heterocycles. The van der Waals surface area contributed by atoms with Crippen molar-refractivity contribution in [2.24, 2.45) is 0 Å². The van der Waals surface area contributed by atoms with Crippen LogP contribution in [0.15, 0.2) is 47.4 Å². The van der Waals surface area contributed by atoms with Crippen LogP contribution in [0, 0.1) is 6.92 Å². The number of benzene rings is 2. The summed E-state index contributed by atoms with van der Waals surface area (Å²) < 4.78 is 29.4. The molecule has 0 heterocycles. The number of rotatable bonds is 4. The lowest BCUT2D eigenvalue weighted by molar-refractivity contribution is -0.114. The first kappa shape index (κ1) is 16.3. The van der Waals surface area contributed by atoms with Gasteiger partial charge >= 0.3 is 10.1 Å². The van der Waals surface area contributed by atoms with Crippen molar-refractivity contribution in [1.82, 2.24) is 0 Å². The predicted octanol–water partition coefficient (Wildman–Crippen LogP) is 3.37. The Labute approximate surface area is 134 Å². The molecule has 2 rings (SSSR count). The summed E-state index contributed by atoms with van der Waals surface area (Å²) in [4.78, 5) is 10.9. The molecule has 0 bridgehead atoms. The van der Waals surface area contributed by atoms with E-state index in [9.17, 15) is 13.2 Å². The van der Waals surface area contributed by atoms with E-state index in [2.05, 4.69) is 5.32 Å². The molecule has 5 nitrogen and oxygen atoms in total. The van der Waals surface area contributed by atoms with Crippen LogP contribution in [-0.4, -0.2) is 14.3 Å². The SMILES string of the molecule is CC(=O)Nc1ccc(S(=O)(=O)Oc2ccc(Cl)c(C)c2)cc1. The monoisotopic (exact) mass is 339 g/mol. The van der Waals surface area contributed by atoms with E-state index < -0.39 is 10.1 Å². The Balaban J connectivity index is 2.22. The number of amides is 1. The van der Waals surface area contributed by atoms with Crippen molar-refractivity contribution >= 4 is 33.3 Å². The van der Waals surface area contributed by atoms with E-state index in [0.717, 1.165) is 5.56 Å². The van der Waals surface area contributed by atoms with Crippen molar-refractivity contribution in [3.05, 3.63) is 53.1 Å². The minimum atomic E-state index is -3.94. The molecule has 2 aromatic carbocycles. The standard InChI is InChI=1S/C15H14ClNO4S/c1-10-9-13(5-8-15(10)16)21-22(19,20)14-6-3-12(4-7-14)17-11(2)18/h3-9H,1-2H3,(H,17,18). The summed E-state index contributed by atoms with van der Waals surface area (Å²) in [7, 11) is -3.94. The second kappa shape index (κ2) is 6.37. The van der Waals surface area contributed by atoms with Gasteiger partial charge in [-0.1, -0.05) is 11.6 Å². The van der Waals surface area contributed by atoms with Crippen LogP contribution >= 0.6 is 11.6 Å². The second-order valence-electron chi connectivity index (χ2n) is 4.65. The Morgan fingerprint density at radius 2 is 1.77 bits per heavy atom. The fourth-order valence-electron chi connectivity index (χ4n) is 1.75. The maximum atomic E-state index is 12.2. The summed E-state index contributed by atoms with van der Waals surface area (Å²) in [5, 5.41) is 3.09. The smallest absolute Gasteiger partial charge is 0.339 e. The molecule has 0 saturated heterocycles. The van der Waals surface area contributed by atoms with Gasteiger partial charge in [0.25, 0.3) is 0 Å². The van der Waals surface area contributed by atoms with Crippen molar-refractivity contribution in [1.29, 1.82) is 0 Å². The average molecular weight is 340 g/mol. The number of nitrogens with one attached hydrogen (secondary N) is 1. The van der Waals surface area contributed by atoms with Crippen molar-refractivity contribution < 1.29 is 17.4 Å². The van der Waals surface area contributed by atoms with Crippen molar-refractivity contribution in [2.75, 3.05) is 5.32 Å². The maximum Gasteiger partial charge on any atom is 0.339 e. The van der Waals surface area contributed by atoms with E-state index in [4.69, 9.17) is 15.8 Å². The molecule has 7 heteroatoms. The van der Waals surface area contributed by atoms with Gasteiger partial charge < -0.3 is 9.50 Å². The molecule has 0 atom stereocenters. The first-order valence-corrected chi connectivity index (χ1v) is 8.15. The summed E-state index contributed by atoms with van der Waals surface area (Å²) in [5.41, 5.74) is 1.23. The first-order valence-electron chi connectivity index (χ1n) is 6.36. The quantitative estimate of drug-likeness (QED) is 0.867. The third-order valence-electron chi connectivity index (χ3n) is 2.80. The summed E-state index contributed by atoms with van der Waals surface area (Å²) in [5.74, 6) is -0.0451. The van der Waals surface area contributed by atoms with Crippen LogP contribution in [0.2, 0.25) is 5.02 Å². The van der Waals surface area contributed by atoms with Gasteiger partial charge in [-0.3, -0.25) is 4.79 Å². The number of halogens is 1. The van der Waals surface area contributed by atoms with Gasteiger partial charge in [0.2, 0.25) is 5.91 Å². The number of carbonyl (C=O) groups excluding carboxylic acids is 1. The Morgan fingerprint density at radius 1 is 1.14 bits per heavy atom. The fourth-order valence-corrected chi connectivity index (χ4v) is 2.79. The zero-order valence-electron chi connectivity index (χ0n) is 12.0. The molecular formula is C15H14ClNO4S. The largest absolute Gasteiger partial charge is 0.379 e. The third-order valence-corrected chi connectivity index (χ3v) is 4.48. The highest BCUT2D eigenvalue weighted by Crippen LogP contribution is 2.24. The third kappa shape index (κ3) is 3.99. The van der Waals surface area contributed by atoms with Crippen molar-refractivity contribution in [3.8, 4) is 5.75 Å². The molecular weight excluding hydrogens is 326 g/mol. The van der Waals surface area contributed by atoms with Gasteiger partial charge in [0, 0.05) is 17.6 Å². The lowest BCUT2D eigenvalue weighted by Gasteiger charge is -2.09. The van der Waals surface area contributed by atoms with Gasteiger partial charge in [0.15, 0.2) is 0 Å². The zero-order chi connectivity index (χ0) is 16.3. The van der Waals surface area contributed by atoms with E-state index >= 15 is 0 Å². The lowest BCUT2D eigenvalue weighted by atomic mass is 10.2. The zero-order valence-corrected chi connectivity index (χ0v) is 13.5. The highest BCUT2D eigenvalue weighted by atomic mass is 35.5. The molecule has 0 aliphatic heterocycles. The number of aryl methyl sites for hydroxylation is 1. The highest BCUT2D eigenvalue weighted by Gasteiger charge is 2.17. The van der Waals surface area contributed by atoms with Crippen LogP contribution in [0.25, 0.3) is 0 Å². The minimum absolute atomic E-state index is 0.00537. The van der Waals surface area contributed by atoms with E-state index in [1.807, 2.05) is 0 Å². The molecule has 22 heavy (non-hydrogen) atoms.